The molecule has 2 aromatic rings. The van der Waals surface area contributed by atoms with E-state index in [4.69, 9.17) is 0 Å². The van der Waals surface area contributed by atoms with Crippen LogP contribution in [0.25, 0.3) is 6.08 Å². The molecule has 0 atom stereocenters. The van der Waals surface area contributed by atoms with Gasteiger partial charge >= 0.3 is 0 Å². The van der Waals surface area contributed by atoms with Crippen molar-refractivity contribution in [1.82, 2.24) is 0 Å². The summed E-state index contributed by atoms with van der Waals surface area (Å²) < 4.78 is 0. The summed E-state index contributed by atoms with van der Waals surface area (Å²) in [5, 5.41) is 0. The molecule has 0 radical (unpaired) electrons. The predicted molar refractivity (Wildman–Crippen MR) is 78.3 cm³/mol. The summed E-state index contributed by atoms with van der Waals surface area (Å²) in [5.74, 6) is 6.17. The molecule has 0 aliphatic heterocycles. The Morgan fingerprint density at radius 3 is 1.94 bits per heavy atom. The molecule has 0 unspecified atom stereocenters. The first-order valence-corrected chi connectivity index (χ1v) is 6.05. The van der Waals surface area contributed by atoms with Crippen LogP contribution in [0.2, 0.25) is 0 Å². The molecule has 0 amide bonds. The van der Waals surface area contributed by atoms with E-state index in [2.05, 4.69) is 62.1 Å². The van der Waals surface area contributed by atoms with E-state index < -0.39 is 0 Å². The van der Waals surface area contributed by atoms with E-state index in [0.29, 0.717) is 0 Å². The lowest BCUT2D eigenvalue weighted by molar-refractivity contribution is 1.46. The minimum atomic E-state index is 1.05. The number of hydrogen-bond donors (Lipinski definition) is 0. The molecule has 2 aromatic carbocycles. The maximum Gasteiger partial charge on any atom is 0.0249 e. The van der Waals surface area contributed by atoms with Crippen LogP contribution >= 0.6 is 0 Å². The Morgan fingerprint density at radius 1 is 0.778 bits per heavy atom. The zero-order valence-electron chi connectivity index (χ0n) is 10.8. The van der Waals surface area contributed by atoms with Crippen molar-refractivity contribution in [3.63, 3.8) is 0 Å². The van der Waals surface area contributed by atoms with Gasteiger partial charge in [0.1, 0.15) is 0 Å². The summed E-state index contributed by atoms with van der Waals surface area (Å²) >= 11 is 0. The molecule has 0 heterocycles. The Bertz CT molecular complexity index is 587. The summed E-state index contributed by atoms with van der Waals surface area (Å²) in [6, 6.07) is 16.6. The van der Waals surface area contributed by atoms with Gasteiger partial charge in [0.05, 0.1) is 0 Å². The lowest BCUT2D eigenvalue weighted by Gasteiger charge is -1.92. The molecule has 18 heavy (non-hydrogen) atoms. The van der Waals surface area contributed by atoms with Gasteiger partial charge in [0.2, 0.25) is 0 Å². The molecule has 0 fully saturated rings. The van der Waals surface area contributed by atoms with Gasteiger partial charge in [-0.3, -0.25) is 0 Å². The van der Waals surface area contributed by atoms with Crippen LogP contribution in [0.1, 0.15) is 22.3 Å². The van der Waals surface area contributed by atoms with Gasteiger partial charge < -0.3 is 0 Å². The predicted octanol–water partition coefficient (Wildman–Crippen LogP) is 4.37. The summed E-state index contributed by atoms with van der Waals surface area (Å²) in [7, 11) is 0. The van der Waals surface area contributed by atoms with Crippen molar-refractivity contribution >= 4 is 6.08 Å². The van der Waals surface area contributed by atoms with Gasteiger partial charge in [-0.2, -0.15) is 0 Å². The molecule has 0 nitrogen and oxygen atoms in total. The van der Waals surface area contributed by atoms with Gasteiger partial charge in [-0.05, 0) is 43.7 Å². The number of rotatable bonds is 1. The molecule has 2 rings (SSSR count). The van der Waals surface area contributed by atoms with E-state index in [9.17, 15) is 0 Å². The number of benzene rings is 2. The Kier molecular flexibility index (Phi) is 3.99. The zero-order valence-corrected chi connectivity index (χ0v) is 10.8. The van der Waals surface area contributed by atoms with Crippen molar-refractivity contribution in [3.05, 3.63) is 76.9 Å². The van der Waals surface area contributed by atoms with Crippen LogP contribution in [0.15, 0.2) is 54.6 Å². The van der Waals surface area contributed by atoms with Crippen LogP contribution in [0, 0.1) is 25.7 Å². The number of hydrogen-bond acceptors (Lipinski definition) is 0. The van der Waals surface area contributed by atoms with Gasteiger partial charge in [-0.15, -0.1) is 0 Å². The Hall–Kier alpha value is -2.26. The van der Waals surface area contributed by atoms with Crippen molar-refractivity contribution in [2.45, 2.75) is 13.8 Å². The van der Waals surface area contributed by atoms with Gasteiger partial charge in [0.15, 0.2) is 0 Å². The smallest absolute Gasteiger partial charge is 0.0249 e. The van der Waals surface area contributed by atoms with Gasteiger partial charge in [-0.25, -0.2) is 0 Å². The van der Waals surface area contributed by atoms with Gasteiger partial charge in [0.25, 0.3) is 0 Å². The molecule has 0 bridgehead atoms. The third kappa shape index (κ3) is 3.64. The van der Waals surface area contributed by atoms with E-state index in [1.54, 1.807) is 0 Å². The maximum absolute atomic E-state index is 3.12. The quantitative estimate of drug-likeness (QED) is 0.640. The zero-order chi connectivity index (χ0) is 12.8. The van der Waals surface area contributed by atoms with Crippen molar-refractivity contribution in [1.29, 1.82) is 0 Å². The average Bonchev–Trinajstić information content (AvgIpc) is 2.39. The SMILES string of the molecule is Cc1ccc(C#CC=Cc2ccc(C)cc2)cc1. The highest BCUT2D eigenvalue weighted by molar-refractivity contribution is 5.54. The molecule has 88 valence electrons. The highest BCUT2D eigenvalue weighted by Gasteiger charge is 1.86. The highest BCUT2D eigenvalue weighted by Crippen LogP contribution is 2.05. The summed E-state index contributed by atoms with van der Waals surface area (Å²) in [4.78, 5) is 0. The van der Waals surface area contributed by atoms with E-state index in [1.807, 2.05) is 24.3 Å². The Labute approximate surface area is 109 Å². The second kappa shape index (κ2) is 5.89. The van der Waals surface area contributed by atoms with Crippen LogP contribution < -0.4 is 0 Å². The average molecular weight is 232 g/mol. The standard InChI is InChI=1S/C18H16/c1-15-7-11-17(12-8-15)5-3-4-6-18-13-9-16(2)10-14-18/h3,5,7-14H,1-2H3. The minimum Gasteiger partial charge on any atom is -0.0696 e. The van der Waals surface area contributed by atoms with Crippen molar-refractivity contribution in [2.75, 3.05) is 0 Å². The van der Waals surface area contributed by atoms with E-state index in [1.165, 1.54) is 16.7 Å². The monoisotopic (exact) mass is 232 g/mol. The molecule has 0 saturated carbocycles. The second-order valence-corrected chi connectivity index (χ2v) is 4.38. The van der Waals surface area contributed by atoms with Crippen molar-refractivity contribution in [3.8, 4) is 11.8 Å². The normalized spacial score (nSPS) is 10.1. The molecular formula is C18H16. The molecule has 0 saturated heterocycles. The van der Waals surface area contributed by atoms with Crippen molar-refractivity contribution in [2.24, 2.45) is 0 Å². The van der Waals surface area contributed by atoms with Crippen LogP contribution in [-0.4, -0.2) is 0 Å². The third-order valence-electron chi connectivity index (χ3n) is 2.70. The fourth-order valence-electron chi connectivity index (χ4n) is 1.58. The summed E-state index contributed by atoms with van der Waals surface area (Å²) in [6.07, 6.45) is 3.92. The number of allylic oxidation sites excluding steroid dienone is 1. The topological polar surface area (TPSA) is 0 Å². The molecule has 0 spiro atoms. The van der Waals surface area contributed by atoms with Crippen LogP contribution in [-0.2, 0) is 0 Å². The number of aryl methyl sites for hydroxylation is 2. The first-order chi connectivity index (χ1) is 8.74. The second-order valence-electron chi connectivity index (χ2n) is 4.38. The molecule has 0 aliphatic carbocycles. The van der Waals surface area contributed by atoms with Crippen LogP contribution in [0.5, 0.6) is 0 Å². The summed E-state index contributed by atoms with van der Waals surface area (Å²) in [6.45, 7) is 4.17. The largest absolute Gasteiger partial charge is 0.0696 e. The van der Waals surface area contributed by atoms with Crippen molar-refractivity contribution < 1.29 is 0 Å². The van der Waals surface area contributed by atoms with E-state index in [0.717, 1.165) is 5.56 Å². The van der Waals surface area contributed by atoms with E-state index in [-0.39, 0.29) is 0 Å². The fraction of sp³-hybridized carbons (Fsp3) is 0.111. The molecule has 0 aliphatic rings. The first-order valence-electron chi connectivity index (χ1n) is 6.05. The van der Waals surface area contributed by atoms with Crippen LogP contribution in [0.3, 0.4) is 0 Å². The van der Waals surface area contributed by atoms with Gasteiger partial charge in [0, 0.05) is 5.56 Å². The first kappa shape index (κ1) is 12.2. The third-order valence-corrected chi connectivity index (χ3v) is 2.70. The fourth-order valence-corrected chi connectivity index (χ4v) is 1.58. The Morgan fingerprint density at radius 2 is 1.33 bits per heavy atom. The van der Waals surface area contributed by atoms with Crippen LogP contribution in [0.4, 0.5) is 0 Å². The Balaban J connectivity index is 2.03. The lowest BCUT2D eigenvalue weighted by Crippen LogP contribution is -1.74. The molecule has 0 N–H and O–H groups in total. The van der Waals surface area contributed by atoms with E-state index >= 15 is 0 Å². The molecular weight excluding hydrogens is 216 g/mol. The summed E-state index contributed by atoms with van der Waals surface area (Å²) in [5.41, 5.74) is 4.77. The minimum absolute atomic E-state index is 1.05. The lowest BCUT2D eigenvalue weighted by atomic mass is 10.1. The highest BCUT2D eigenvalue weighted by atomic mass is 13.9. The molecule has 0 heteroatoms. The molecule has 0 aromatic heterocycles. The van der Waals surface area contributed by atoms with Gasteiger partial charge in [-0.1, -0.05) is 59.4 Å². The maximum atomic E-state index is 3.12.